The van der Waals surface area contributed by atoms with Gasteiger partial charge in [0, 0.05) is 12.6 Å². The summed E-state index contributed by atoms with van der Waals surface area (Å²) in [5.41, 5.74) is 5.34. The molecule has 0 aromatic heterocycles. The molecular weight excluding hydrogens is 248 g/mol. The van der Waals surface area contributed by atoms with Gasteiger partial charge in [0.15, 0.2) is 0 Å². The van der Waals surface area contributed by atoms with Gasteiger partial charge in [-0.15, -0.1) is 0 Å². The van der Waals surface area contributed by atoms with Crippen molar-refractivity contribution in [3.05, 3.63) is 58.7 Å². The van der Waals surface area contributed by atoms with E-state index in [2.05, 4.69) is 43.4 Å². The Morgan fingerprint density at radius 3 is 2.70 bits per heavy atom. The zero-order valence-corrected chi connectivity index (χ0v) is 12.0. The lowest BCUT2D eigenvalue weighted by atomic mass is 10.0. The van der Waals surface area contributed by atoms with E-state index in [4.69, 9.17) is 10.00 Å². The molecule has 0 fully saturated rings. The maximum absolute atomic E-state index is 8.90. The minimum Gasteiger partial charge on any atom is -0.495 e. The number of hydrogen-bond acceptors (Lipinski definition) is 3. The van der Waals surface area contributed by atoms with E-state index < -0.39 is 0 Å². The standard InChI is InChI=1S/C17H18N2O/c1-12-5-4-6-15(13(12)2)11-19-16-8-7-14(10-18)9-17(16)20-3/h4-9,19H,11H2,1-3H3. The summed E-state index contributed by atoms with van der Waals surface area (Å²) in [7, 11) is 1.61. The molecule has 0 heterocycles. The number of anilines is 1. The van der Waals surface area contributed by atoms with Crippen molar-refractivity contribution in [2.24, 2.45) is 0 Å². The smallest absolute Gasteiger partial charge is 0.143 e. The van der Waals surface area contributed by atoms with Crippen LogP contribution in [0.1, 0.15) is 22.3 Å². The second kappa shape index (κ2) is 6.12. The molecule has 0 radical (unpaired) electrons. The van der Waals surface area contributed by atoms with Gasteiger partial charge in [0.05, 0.1) is 24.4 Å². The van der Waals surface area contributed by atoms with Crippen molar-refractivity contribution in [2.45, 2.75) is 20.4 Å². The number of rotatable bonds is 4. The topological polar surface area (TPSA) is 45.0 Å². The van der Waals surface area contributed by atoms with Crippen molar-refractivity contribution >= 4 is 5.69 Å². The zero-order chi connectivity index (χ0) is 14.5. The van der Waals surface area contributed by atoms with E-state index in [0.29, 0.717) is 11.3 Å². The van der Waals surface area contributed by atoms with Crippen LogP contribution >= 0.6 is 0 Å². The van der Waals surface area contributed by atoms with Gasteiger partial charge in [-0.1, -0.05) is 18.2 Å². The Morgan fingerprint density at radius 2 is 2.00 bits per heavy atom. The van der Waals surface area contributed by atoms with Crippen LogP contribution in [0.3, 0.4) is 0 Å². The Labute approximate surface area is 119 Å². The Hall–Kier alpha value is -2.47. The van der Waals surface area contributed by atoms with Crippen molar-refractivity contribution in [1.82, 2.24) is 0 Å². The van der Waals surface area contributed by atoms with Crippen LogP contribution in [0.15, 0.2) is 36.4 Å². The van der Waals surface area contributed by atoms with Crippen molar-refractivity contribution in [2.75, 3.05) is 12.4 Å². The number of aryl methyl sites for hydroxylation is 1. The third-order valence-corrected chi connectivity index (χ3v) is 3.52. The van der Waals surface area contributed by atoms with Crippen LogP contribution in [-0.2, 0) is 6.54 Å². The SMILES string of the molecule is COc1cc(C#N)ccc1NCc1cccc(C)c1C. The molecule has 2 aromatic carbocycles. The number of nitriles is 1. The van der Waals surface area contributed by atoms with E-state index >= 15 is 0 Å². The van der Waals surface area contributed by atoms with E-state index in [9.17, 15) is 0 Å². The summed E-state index contributed by atoms with van der Waals surface area (Å²) in [6.45, 7) is 4.97. The number of nitrogens with zero attached hydrogens (tertiary/aromatic N) is 1. The first kappa shape index (κ1) is 14.0. The highest BCUT2D eigenvalue weighted by Gasteiger charge is 2.05. The summed E-state index contributed by atoms with van der Waals surface area (Å²) in [6, 6.07) is 13.8. The lowest BCUT2D eigenvalue weighted by Gasteiger charge is -2.13. The molecule has 0 aliphatic heterocycles. The lowest BCUT2D eigenvalue weighted by molar-refractivity contribution is 0.416. The fraction of sp³-hybridized carbons (Fsp3) is 0.235. The van der Waals surface area contributed by atoms with Crippen LogP contribution in [0, 0.1) is 25.2 Å². The van der Waals surface area contributed by atoms with Gasteiger partial charge in [-0.3, -0.25) is 0 Å². The molecule has 20 heavy (non-hydrogen) atoms. The molecule has 0 bridgehead atoms. The van der Waals surface area contributed by atoms with Crippen LogP contribution in [0.2, 0.25) is 0 Å². The normalized spacial score (nSPS) is 9.90. The number of hydrogen-bond donors (Lipinski definition) is 1. The van der Waals surface area contributed by atoms with Gasteiger partial charge >= 0.3 is 0 Å². The van der Waals surface area contributed by atoms with Gasteiger partial charge in [0.25, 0.3) is 0 Å². The van der Waals surface area contributed by atoms with Gasteiger partial charge in [-0.25, -0.2) is 0 Å². The van der Waals surface area contributed by atoms with Crippen LogP contribution in [0.4, 0.5) is 5.69 Å². The lowest BCUT2D eigenvalue weighted by Crippen LogP contribution is -2.03. The van der Waals surface area contributed by atoms with E-state index in [-0.39, 0.29) is 0 Å². The molecule has 0 amide bonds. The number of ether oxygens (including phenoxy) is 1. The number of nitrogens with one attached hydrogen (secondary N) is 1. The maximum atomic E-state index is 8.90. The van der Waals surface area contributed by atoms with Crippen molar-refractivity contribution in [1.29, 1.82) is 5.26 Å². The molecule has 0 saturated carbocycles. The summed E-state index contributed by atoms with van der Waals surface area (Å²) < 4.78 is 5.32. The Morgan fingerprint density at radius 1 is 1.20 bits per heavy atom. The molecule has 1 N–H and O–H groups in total. The molecule has 3 nitrogen and oxygen atoms in total. The van der Waals surface area contributed by atoms with E-state index in [1.54, 1.807) is 19.2 Å². The molecule has 0 aliphatic rings. The summed E-state index contributed by atoms with van der Waals surface area (Å²) in [4.78, 5) is 0. The third-order valence-electron chi connectivity index (χ3n) is 3.52. The van der Waals surface area contributed by atoms with Crippen molar-refractivity contribution in [3.63, 3.8) is 0 Å². The molecule has 102 valence electrons. The third kappa shape index (κ3) is 2.92. The highest BCUT2D eigenvalue weighted by molar-refractivity contribution is 5.59. The first-order valence-electron chi connectivity index (χ1n) is 6.53. The summed E-state index contributed by atoms with van der Waals surface area (Å²) in [5.74, 6) is 0.689. The zero-order valence-electron chi connectivity index (χ0n) is 12.0. The Bertz CT molecular complexity index is 657. The summed E-state index contributed by atoms with van der Waals surface area (Å²) in [6.07, 6.45) is 0. The number of methoxy groups -OCH3 is 1. The van der Waals surface area contributed by atoms with Gasteiger partial charge in [-0.05, 0) is 42.7 Å². The van der Waals surface area contributed by atoms with Crippen LogP contribution in [-0.4, -0.2) is 7.11 Å². The fourth-order valence-electron chi connectivity index (χ4n) is 2.10. The van der Waals surface area contributed by atoms with Gasteiger partial charge in [0.1, 0.15) is 5.75 Å². The van der Waals surface area contributed by atoms with Gasteiger partial charge < -0.3 is 10.1 Å². The maximum Gasteiger partial charge on any atom is 0.143 e. The number of benzene rings is 2. The Kier molecular flexibility index (Phi) is 4.27. The van der Waals surface area contributed by atoms with Gasteiger partial charge in [-0.2, -0.15) is 5.26 Å². The second-order valence-electron chi connectivity index (χ2n) is 4.74. The van der Waals surface area contributed by atoms with E-state index in [1.807, 2.05) is 6.07 Å². The molecule has 3 heteroatoms. The molecular formula is C17H18N2O. The Balaban J connectivity index is 2.19. The average Bonchev–Trinajstić information content (AvgIpc) is 2.48. The minimum absolute atomic E-state index is 0.596. The monoisotopic (exact) mass is 266 g/mol. The summed E-state index contributed by atoms with van der Waals surface area (Å²) >= 11 is 0. The molecule has 0 saturated heterocycles. The molecule has 0 unspecified atom stereocenters. The first-order valence-corrected chi connectivity index (χ1v) is 6.53. The van der Waals surface area contributed by atoms with Gasteiger partial charge in [0.2, 0.25) is 0 Å². The highest BCUT2D eigenvalue weighted by Crippen LogP contribution is 2.26. The van der Waals surface area contributed by atoms with Crippen molar-refractivity contribution < 1.29 is 4.74 Å². The first-order chi connectivity index (χ1) is 9.65. The van der Waals surface area contributed by atoms with Crippen LogP contribution < -0.4 is 10.1 Å². The largest absolute Gasteiger partial charge is 0.495 e. The van der Waals surface area contributed by atoms with Crippen LogP contribution in [0.25, 0.3) is 0 Å². The molecule has 2 rings (SSSR count). The van der Waals surface area contributed by atoms with E-state index in [1.165, 1.54) is 16.7 Å². The molecule has 0 atom stereocenters. The quantitative estimate of drug-likeness (QED) is 0.915. The predicted molar refractivity (Wildman–Crippen MR) is 81.0 cm³/mol. The van der Waals surface area contributed by atoms with Crippen LogP contribution in [0.5, 0.6) is 5.75 Å². The summed E-state index contributed by atoms with van der Waals surface area (Å²) in [5, 5.41) is 12.3. The molecule has 2 aromatic rings. The molecule has 0 aliphatic carbocycles. The van der Waals surface area contributed by atoms with E-state index in [0.717, 1.165) is 12.2 Å². The molecule has 0 spiro atoms. The minimum atomic E-state index is 0.596. The predicted octanol–water partition coefficient (Wildman–Crippen LogP) is 3.80. The average molecular weight is 266 g/mol. The highest BCUT2D eigenvalue weighted by atomic mass is 16.5. The second-order valence-corrected chi connectivity index (χ2v) is 4.74. The fourth-order valence-corrected chi connectivity index (χ4v) is 2.10. The van der Waals surface area contributed by atoms with Crippen molar-refractivity contribution in [3.8, 4) is 11.8 Å².